The van der Waals surface area contributed by atoms with Crippen LogP contribution in [0, 0.1) is 23.3 Å². The lowest BCUT2D eigenvalue weighted by Gasteiger charge is -2.13. The van der Waals surface area contributed by atoms with E-state index in [0.29, 0.717) is 35.4 Å². The highest BCUT2D eigenvalue weighted by Gasteiger charge is 2.24. The molecular formula is C19H11F4N5O4S. The molecule has 33 heavy (non-hydrogen) atoms. The Labute approximate surface area is 182 Å². The summed E-state index contributed by atoms with van der Waals surface area (Å²) in [5.41, 5.74) is -1.06. The first-order chi connectivity index (χ1) is 15.6. The van der Waals surface area contributed by atoms with Crippen molar-refractivity contribution in [2.75, 3.05) is 10.0 Å². The molecule has 14 heteroatoms. The third-order valence-corrected chi connectivity index (χ3v) is 5.60. The third-order valence-electron chi connectivity index (χ3n) is 4.20. The lowest BCUT2D eigenvalue weighted by molar-refractivity contribution is 0.215. The summed E-state index contributed by atoms with van der Waals surface area (Å²) in [4.78, 5) is 21.7. The minimum absolute atomic E-state index is 0.0753. The van der Waals surface area contributed by atoms with Gasteiger partial charge in [0, 0.05) is 12.1 Å². The molecule has 9 nitrogen and oxygen atoms in total. The maximum absolute atomic E-state index is 14.8. The van der Waals surface area contributed by atoms with Crippen LogP contribution in [-0.4, -0.2) is 29.5 Å². The fourth-order valence-corrected chi connectivity index (χ4v) is 3.86. The van der Waals surface area contributed by atoms with Crippen LogP contribution in [0.15, 0.2) is 53.8 Å². The number of pyridine rings is 1. The van der Waals surface area contributed by atoms with Gasteiger partial charge in [-0.15, -0.1) is 0 Å². The van der Waals surface area contributed by atoms with Gasteiger partial charge in [-0.1, -0.05) is 0 Å². The van der Waals surface area contributed by atoms with Crippen LogP contribution in [0.3, 0.4) is 0 Å². The van der Waals surface area contributed by atoms with E-state index in [1.54, 1.807) is 4.72 Å². The Bertz CT molecular complexity index is 1490. The van der Waals surface area contributed by atoms with Crippen molar-refractivity contribution in [1.82, 2.24) is 15.0 Å². The standard InChI is InChI=1S/C19H11F4N5O4S/c20-9-1-4-15(12(22)5-9)33(30,31)28-13-3-2-11(21)17(16(13)23)27-19(29)32-10-6-14-18(24-7-10)26-8-25-14/h1-8,28H,(H,27,29)(H,24,25,26). The number of amides is 1. The van der Waals surface area contributed by atoms with Crippen LogP contribution in [0.25, 0.3) is 11.2 Å². The van der Waals surface area contributed by atoms with Gasteiger partial charge in [-0.25, -0.2) is 40.7 Å². The van der Waals surface area contributed by atoms with Gasteiger partial charge in [0.1, 0.15) is 28.0 Å². The summed E-state index contributed by atoms with van der Waals surface area (Å²) >= 11 is 0. The molecule has 170 valence electrons. The van der Waals surface area contributed by atoms with Gasteiger partial charge in [0.25, 0.3) is 10.0 Å². The molecule has 0 saturated heterocycles. The number of sulfonamides is 1. The van der Waals surface area contributed by atoms with Crippen LogP contribution in [0.2, 0.25) is 0 Å². The molecule has 1 amide bonds. The van der Waals surface area contributed by atoms with E-state index < -0.39 is 55.7 Å². The molecule has 0 aliphatic carbocycles. The molecule has 2 aromatic carbocycles. The van der Waals surface area contributed by atoms with Crippen LogP contribution in [-0.2, 0) is 10.0 Å². The van der Waals surface area contributed by atoms with Crippen molar-refractivity contribution < 1.29 is 35.5 Å². The molecule has 0 bridgehead atoms. The smallest absolute Gasteiger partial charge is 0.408 e. The number of nitrogens with zero attached hydrogens (tertiary/aromatic N) is 2. The molecule has 0 atom stereocenters. The fraction of sp³-hybridized carbons (Fsp3) is 0. The van der Waals surface area contributed by atoms with E-state index in [4.69, 9.17) is 4.74 Å². The highest BCUT2D eigenvalue weighted by Crippen LogP contribution is 2.29. The Morgan fingerprint density at radius 2 is 1.79 bits per heavy atom. The van der Waals surface area contributed by atoms with E-state index in [2.05, 4.69) is 15.0 Å². The average molecular weight is 481 g/mol. The number of ether oxygens (including phenoxy) is 1. The molecule has 4 rings (SSSR count). The van der Waals surface area contributed by atoms with Gasteiger partial charge in [-0.2, -0.15) is 0 Å². The zero-order valence-electron chi connectivity index (χ0n) is 16.1. The van der Waals surface area contributed by atoms with E-state index in [-0.39, 0.29) is 5.75 Å². The summed E-state index contributed by atoms with van der Waals surface area (Å²) < 4.78 is 87.2. The lowest BCUT2D eigenvalue weighted by atomic mass is 10.2. The third kappa shape index (κ3) is 4.55. The second-order valence-corrected chi connectivity index (χ2v) is 8.07. The number of hydrogen-bond donors (Lipinski definition) is 3. The number of imidazole rings is 1. The summed E-state index contributed by atoms with van der Waals surface area (Å²) in [5, 5.41) is 1.83. The predicted octanol–water partition coefficient (Wildman–Crippen LogP) is 3.93. The molecule has 3 N–H and O–H groups in total. The van der Waals surface area contributed by atoms with Gasteiger partial charge in [0.2, 0.25) is 0 Å². The maximum Gasteiger partial charge on any atom is 0.417 e. The summed E-state index contributed by atoms with van der Waals surface area (Å²) in [6, 6.07) is 4.40. The number of nitrogens with one attached hydrogen (secondary N) is 3. The Hall–Kier alpha value is -4.20. The highest BCUT2D eigenvalue weighted by atomic mass is 32.2. The highest BCUT2D eigenvalue weighted by molar-refractivity contribution is 7.92. The Morgan fingerprint density at radius 1 is 1.00 bits per heavy atom. The number of anilines is 2. The predicted molar refractivity (Wildman–Crippen MR) is 107 cm³/mol. The molecule has 0 aliphatic heterocycles. The second kappa shape index (κ2) is 8.38. The van der Waals surface area contributed by atoms with Crippen molar-refractivity contribution >= 4 is 38.7 Å². The Morgan fingerprint density at radius 3 is 2.55 bits per heavy atom. The van der Waals surface area contributed by atoms with Crippen molar-refractivity contribution in [3.63, 3.8) is 0 Å². The maximum atomic E-state index is 14.8. The molecule has 0 saturated carbocycles. The van der Waals surface area contributed by atoms with Crippen molar-refractivity contribution in [3.05, 3.63) is 72.2 Å². The number of rotatable bonds is 5. The van der Waals surface area contributed by atoms with Crippen molar-refractivity contribution in [2.24, 2.45) is 0 Å². The zero-order chi connectivity index (χ0) is 23.8. The van der Waals surface area contributed by atoms with Gasteiger partial charge >= 0.3 is 6.09 Å². The number of hydrogen-bond acceptors (Lipinski definition) is 6. The quantitative estimate of drug-likeness (QED) is 0.371. The van der Waals surface area contributed by atoms with E-state index in [1.807, 2.05) is 5.32 Å². The molecule has 4 aromatic rings. The van der Waals surface area contributed by atoms with E-state index >= 15 is 0 Å². The second-order valence-electron chi connectivity index (χ2n) is 6.42. The molecule has 0 spiro atoms. The van der Waals surface area contributed by atoms with Crippen LogP contribution >= 0.6 is 0 Å². The van der Waals surface area contributed by atoms with Gasteiger partial charge in [-0.3, -0.25) is 10.0 Å². The number of fused-ring (bicyclic) bond motifs is 1. The van der Waals surface area contributed by atoms with Crippen LogP contribution in [0.5, 0.6) is 5.75 Å². The number of halogens is 4. The number of benzene rings is 2. The molecular weight excluding hydrogens is 470 g/mol. The molecule has 0 fully saturated rings. The van der Waals surface area contributed by atoms with Gasteiger partial charge in [-0.05, 0) is 24.3 Å². The van der Waals surface area contributed by atoms with Crippen LogP contribution in [0.1, 0.15) is 0 Å². The van der Waals surface area contributed by atoms with E-state index in [0.717, 1.165) is 12.3 Å². The van der Waals surface area contributed by atoms with E-state index in [9.17, 15) is 30.8 Å². The average Bonchev–Trinajstić information content (AvgIpc) is 3.21. The van der Waals surface area contributed by atoms with Crippen molar-refractivity contribution in [1.29, 1.82) is 0 Å². The van der Waals surface area contributed by atoms with Gasteiger partial charge in [0.15, 0.2) is 17.2 Å². The zero-order valence-corrected chi connectivity index (χ0v) is 16.9. The normalized spacial score (nSPS) is 11.4. The molecule has 0 unspecified atom stereocenters. The minimum Gasteiger partial charge on any atom is -0.408 e. The number of carbonyl (C=O) groups excluding carboxylic acids is 1. The first kappa shape index (κ1) is 22.0. The number of aromatic amines is 1. The topological polar surface area (TPSA) is 126 Å². The fourth-order valence-electron chi connectivity index (χ4n) is 2.74. The first-order valence-corrected chi connectivity index (χ1v) is 10.4. The number of aromatic nitrogens is 3. The Kier molecular flexibility index (Phi) is 5.59. The molecule has 0 aliphatic rings. The lowest BCUT2D eigenvalue weighted by Crippen LogP contribution is -2.20. The summed E-state index contributed by atoms with van der Waals surface area (Å²) in [6.45, 7) is 0. The number of carbonyl (C=O) groups is 1. The molecule has 2 heterocycles. The minimum atomic E-state index is -4.72. The summed E-state index contributed by atoms with van der Waals surface area (Å²) in [5.74, 6) is -5.28. The summed E-state index contributed by atoms with van der Waals surface area (Å²) in [6.07, 6.45) is 1.20. The van der Waals surface area contributed by atoms with Gasteiger partial charge < -0.3 is 9.72 Å². The Balaban J connectivity index is 1.56. The van der Waals surface area contributed by atoms with Crippen LogP contribution in [0.4, 0.5) is 33.7 Å². The van der Waals surface area contributed by atoms with E-state index in [1.165, 1.54) is 12.4 Å². The van der Waals surface area contributed by atoms with Crippen molar-refractivity contribution in [2.45, 2.75) is 4.90 Å². The molecule has 0 radical (unpaired) electrons. The largest absolute Gasteiger partial charge is 0.417 e. The van der Waals surface area contributed by atoms with Gasteiger partial charge in [0.05, 0.1) is 23.7 Å². The monoisotopic (exact) mass is 481 g/mol. The SMILES string of the molecule is O=C(Nc1c(F)ccc(NS(=O)(=O)c2ccc(F)cc2F)c1F)Oc1cnc2nc[nH]c2c1. The number of H-pyrrole nitrogens is 1. The van der Waals surface area contributed by atoms with Crippen molar-refractivity contribution in [3.8, 4) is 5.75 Å². The summed E-state index contributed by atoms with van der Waals surface area (Å²) in [7, 11) is -4.72. The first-order valence-electron chi connectivity index (χ1n) is 8.88. The van der Waals surface area contributed by atoms with Crippen LogP contribution < -0.4 is 14.8 Å². The molecule has 2 aromatic heterocycles.